The number of Topliss-reactive ketones (excluding diaryl/α,β-unsaturated/α-hetero) is 1. The highest BCUT2D eigenvalue weighted by atomic mass is 79.9. The van der Waals surface area contributed by atoms with Gasteiger partial charge >= 0.3 is 0 Å². The van der Waals surface area contributed by atoms with Gasteiger partial charge in [0.15, 0.2) is 5.78 Å². The molecule has 2 aromatic carbocycles. The Morgan fingerprint density at radius 2 is 1.44 bits per heavy atom. The molecule has 1 saturated carbocycles. The Balaban J connectivity index is 1.80. The van der Waals surface area contributed by atoms with Crippen LogP contribution < -0.4 is 0 Å². The van der Waals surface area contributed by atoms with Crippen molar-refractivity contribution >= 4 is 78.6 Å². The second-order valence-electron chi connectivity index (χ2n) is 8.73. The Kier molecular flexibility index (Phi) is 8.54. The maximum Gasteiger partial charge on any atom is 0.273 e. The van der Waals surface area contributed by atoms with Gasteiger partial charge in [-0.3, -0.25) is 19.2 Å². The molecule has 11 heteroatoms. The fourth-order valence-electron chi connectivity index (χ4n) is 4.66. The zero-order valence-electron chi connectivity index (χ0n) is 18.8. The average molecular weight is 663 g/mol. The van der Waals surface area contributed by atoms with Crippen LogP contribution in [0, 0.1) is 17.7 Å². The Morgan fingerprint density at radius 1 is 0.944 bits per heavy atom. The van der Waals surface area contributed by atoms with Crippen molar-refractivity contribution in [2.24, 2.45) is 11.8 Å². The third-order valence-corrected chi connectivity index (χ3v) is 9.72. The van der Waals surface area contributed by atoms with Gasteiger partial charge in [0, 0.05) is 31.7 Å². The average Bonchev–Trinajstić information content (AvgIpc) is 3.08. The van der Waals surface area contributed by atoms with E-state index in [0.29, 0.717) is 17.9 Å². The molecule has 0 N–H and O–H groups in total. The quantitative estimate of drug-likeness (QED) is 0.219. The minimum Gasteiger partial charge on any atom is -0.292 e. The van der Waals surface area contributed by atoms with Crippen LogP contribution in [-0.2, 0) is 9.59 Å². The van der Waals surface area contributed by atoms with Crippen molar-refractivity contribution in [1.82, 2.24) is 10.0 Å². The summed E-state index contributed by atoms with van der Waals surface area (Å²) >= 11 is 19.1. The highest BCUT2D eigenvalue weighted by molar-refractivity contribution is 9.12. The summed E-state index contributed by atoms with van der Waals surface area (Å²) in [6.07, 6.45) is 0.763. The number of amides is 3. The van der Waals surface area contributed by atoms with Crippen LogP contribution in [-0.4, -0.2) is 55.1 Å². The number of nitrogens with zero attached hydrogens (tertiary/aromatic N) is 2. The fourth-order valence-corrected chi connectivity index (χ4v) is 6.23. The molecule has 0 radical (unpaired) electrons. The van der Waals surface area contributed by atoms with Gasteiger partial charge in [-0.1, -0.05) is 43.5 Å². The van der Waals surface area contributed by atoms with Crippen LogP contribution >= 0.6 is 55.1 Å². The molecule has 2 aliphatic rings. The number of rotatable bonds is 7. The molecule has 1 aliphatic carbocycles. The Bertz CT molecular complexity index is 1150. The SMILES string of the molecule is O=C(c1ccc(F)cc1)[C@H](CCCl)N(C(=O)c1ccc(Cl)cc1)N1C(=O)[C@H]2C[C@@H](Br)[C@@H](Br)C[C@H]2C1=O. The van der Waals surface area contributed by atoms with Crippen molar-refractivity contribution in [2.75, 3.05) is 5.88 Å². The van der Waals surface area contributed by atoms with E-state index in [1.54, 1.807) is 0 Å². The molecule has 1 aliphatic heterocycles. The molecule has 36 heavy (non-hydrogen) atoms. The molecule has 0 bridgehead atoms. The molecule has 2 fully saturated rings. The van der Waals surface area contributed by atoms with Crippen molar-refractivity contribution in [3.63, 3.8) is 0 Å². The summed E-state index contributed by atoms with van der Waals surface area (Å²) in [6, 6.07) is 9.49. The van der Waals surface area contributed by atoms with Gasteiger partial charge in [-0.25, -0.2) is 9.40 Å². The zero-order chi connectivity index (χ0) is 26.1. The van der Waals surface area contributed by atoms with Crippen LogP contribution in [0.25, 0.3) is 0 Å². The van der Waals surface area contributed by atoms with Gasteiger partial charge in [0.2, 0.25) is 0 Å². The van der Waals surface area contributed by atoms with Crippen molar-refractivity contribution in [1.29, 1.82) is 0 Å². The highest BCUT2D eigenvalue weighted by Crippen LogP contribution is 2.44. The molecule has 0 aromatic heterocycles. The van der Waals surface area contributed by atoms with E-state index in [0.717, 1.165) is 22.2 Å². The van der Waals surface area contributed by atoms with Gasteiger partial charge < -0.3 is 0 Å². The van der Waals surface area contributed by atoms with Gasteiger partial charge in [0.05, 0.1) is 11.8 Å². The Labute approximate surface area is 234 Å². The molecule has 1 saturated heterocycles. The normalized spacial score (nSPS) is 24.4. The first-order chi connectivity index (χ1) is 17.1. The summed E-state index contributed by atoms with van der Waals surface area (Å²) in [5, 5.41) is 2.16. The first kappa shape index (κ1) is 27.2. The number of ketones is 1. The van der Waals surface area contributed by atoms with Crippen LogP contribution in [0.4, 0.5) is 4.39 Å². The van der Waals surface area contributed by atoms with E-state index in [1.807, 2.05) is 0 Å². The molecule has 5 atom stereocenters. The van der Waals surface area contributed by atoms with E-state index in [9.17, 15) is 23.6 Å². The number of fused-ring (bicyclic) bond motifs is 1. The molecule has 6 nitrogen and oxygen atoms in total. The maximum absolute atomic E-state index is 13.8. The van der Waals surface area contributed by atoms with Crippen molar-refractivity contribution < 1.29 is 23.6 Å². The predicted octanol–water partition coefficient (Wildman–Crippen LogP) is 5.64. The van der Waals surface area contributed by atoms with E-state index < -0.39 is 47.2 Å². The third-order valence-electron chi connectivity index (χ3n) is 6.51. The monoisotopic (exact) mass is 660 g/mol. The minimum absolute atomic E-state index is 0.0297. The largest absolute Gasteiger partial charge is 0.292 e. The second kappa shape index (κ2) is 11.3. The molecular weight excluding hydrogens is 642 g/mol. The van der Waals surface area contributed by atoms with E-state index in [2.05, 4.69) is 31.9 Å². The summed E-state index contributed by atoms with van der Waals surface area (Å²) in [6.45, 7) is 0. The van der Waals surface area contributed by atoms with Crippen LogP contribution in [0.2, 0.25) is 5.02 Å². The molecule has 190 valence electrons. The van der Waals surface area contributed by atoms with Crippen LogP contribution in [0.1, 0.15) is 40.0 Å². The summed E-state index contributed by atoms with van der Waals surface area (Å²) in [4.78, 5) is 54.6. The zero-order valence-corrected chi connectivity index (χ0v) is 23.4. The van der Waals surface area contributed by atoms with E-state index in [1.165, 1.54) is 36.4 Å². The van der Waals surface area contributed by atoms with Crippen molar-refractivity contribution in [2.45, 2.75) is 35.0 Å². The van der Waals surface area contributed by atoms with Gasteiger partial charge in [-0.15, -0.1) is 11.6 Å². The standard InChI is InChI=1S/C25H21Br2Cl2FN2O4/c26-19-11-17-18(12-20(19)27)25(36)32(24(17)35)31(23(34)14-1-5-15(29)6-2-14)21(9-10-28)22(33)13-3-7-16(30)8-4-13/h1-8,17-21H,9-12H2/t17-,18+,19+,20-,21-/m0/s1. The summed E-state index contributed by atoms with van der Waals surface area (Å²) in [5.74, 6) is -4.18. The second-order valence-corrected chi connectivity index (χ2v) is 11.9. The number of halogens is 5. The van der Waals surface area contributed by atoms with Gasteiger partial charge in [-0.05, 0) is 67.8 Å². The lowest BCUT2D eigenvalue weighted by Gasteiger charge is -2.36. The molecule has 0 unspecified atom stereocenters. The molecular formula is C25H21Br2Cl2FN2O4. The topological polar surface area (TPSA) is 74.8 Å². The van der Waals surface area contributed by atoms with Crippen LogP contribution in [0.15, 0.2) is 48.5 Å². The van der Waals surface area contributed by atoms with Crippen LogP contribution in [0.5, 0.6) is 0 Å². The number of hydrazine groups is 1. The van der Waals surface area contributed by atoms with Crippen molar-refractivity contribution in [3.8, 4) is 0 Å². The lowest BCUT2D eigenvalue weighted by atomic mass is 9.81. The number of hydrogen-bond acceptors (Lipinski definition) is 4. The first-order valence-electron chi connectivity index (χ1n) is 11.2. The number of imide groups is 1. The van der Waals surface area contributed by atoms with Gasteiger partial charge in [0.1, 0.15) is 11.9 Å². The molecule has 3 amide bonds. The number of alkyl halides is 3. The maximum atomic E-state index is 13.8. The Hall–Kier alpha value is -1.81. The Morgan fingerprint density at radius 3 is 1.94 bits per heavy atom. The molecule has 4 rings (SSSR count). The van der Waals surface area contributed by atoms with E-state index in [4.69, 9.17) is 23.2 Å². The molecule has 1 heterocycles. The smallest absolute Gasteiger partial charge is 0.273 e. The number of carbonyl (C=O) groups is 4. The number of carbonyl (C=O) groups excluding carboxylic acids is 4. The fraction of sp³-hybridized carbons (Fsp3) is 0.360. The van der Waals surface area contributed by atoms with E-state index in [-0.39, 0.29) is 33.1 Å². The number of benzene rings is 2. The van der Waals surface area contributed by atoms with Crippen LogP contribution in [0.3, 0.4) is 0 Å². The lowest BCUT2D eigenvalue weighted by Crippen LogP contribution is -2.57. The van der Waals surface area contributed by atoms with Gasteiger partial charge in [0.25, 0.3) is 17.7 Å². The first-order valence-corrected chi connectivity index (χ1v) is 14.0. The third kappa shape index (κ3) is 5.26. The summed E-state index contributed by atoms with van der Waals surface area (Å²) < 4.78 is 13.5. The summed E-state index contributed by atoms with van der Waals surface area (Å²) in [5.41, 5.74) is 0.260. The predicted molar refractivity (Wildman–Crippen MR) is 141 cm³/mol. The number of hydrogen-bond donors (Lipinski definition) is 0. The summed E-state index contributed by atoms with van der Waals surface area (Å²) in [7, 11) is 0. The molecule has 0 spiro atoms. The van der Waals surface area contributed by atoms with E-state index >= 15 is 0 Å². The minimum atomic E-state index is -1.27. The highest BCUT2D eigenvalue weighted by Gasteiger charge is 2.56. The van der Waals surface area contributed by atoms with Gasteiger partial charge in [-0.2, -0.15) is 5.01 Å². The molecule has 2 aromatic rings. The lowest BCUT2D eigenvalue weighted by molar-refractivity contribution is -0.156. The van der Waals surface area contributed by atoms with Crippen molar-refractivity contribution in [3.05, 3.63) is 70.5 Å².